The number of aromatic nitrogens is 2. The first-order valence-electron chi connectivity index (χ1n) is 9.67. The Kier molecular flexibility index (Phi) is 6.23. The minimum atomic E-state index is -0.413. The quantitative estimate of drug-likeness (QED) is 0.234. The fourth-order valence-electron chi connectivity index (χ4n) is 3.24. The van der Waals surface area contributed by atoms with Gasteiger partial charge < -0.3 is 9.47 Å². The number of para-hydroxylation sites is 1. The highest BCUT2D eigenvalue weighted by Crippen LogP contribution is 2.30. The summed E-state index contributed by atoms with van der Waals surface area (Å²) in [6.07, 6.45) is 0. The number of thioether (sulfide) groups is 1. The fourth-order valence-corrected chi connectivity index (χ4v) is 4.14. The van der Waals surface area contributed by atoms with Crippen molar-refractivity contribution in [2.45, 2.75) is 5.16 Å². The third-order valence-electron chi connectivity index (χ3n) is 4.87. The van der Waals surface area contributed by atoms with Crippen LogP contribution in [-0.4, -0.2) is 35.3 Å². The summed E-state index contributed by atoms with van der Waals surface area (Å²) in [6.45, 7) is 0. The van der Waals surface area contributed by atoms with Crippen molar-refractivity contribution < 1.29 is 18.7 Å². The zero-order valence-corrected chi connectivity index (χ0v) is 18.2. The first-order valence-corrected chi connectivity index (χ1v) is 10.7. The molecule has 4 aromatic rings. The first-order chi connectivity index (χ1) is 15.5. The summed E-state index contributed by atoms with van der Waals surface area (Å²) in [5.74, 6) is 0.393. The highest BCUT2D eigenvalue weighted by atomic mass is 32.2. The van der Waals surface area contributed by atoms with Crippen molar-refractivity contribution in [1.82, 2.24) is 9.55 Å². The van der Waals surface area contributed by atoms with E-state index in [2.05, 4.69) is 4.98 Å². The van der Waals surface area contributed by atoms with Gasteiger partial charge in [0.05, 0.1) is 36.6 Å². The van der Waals surface area contributed by atoms with Gasteiger partial charge in [0.2, 0.25) is 0 Å². The second-order valence-electron chi connectivity index (χ2n) is 6.81. The standard InChI is InChI=1S/C24H19FN2O4S/c1-30-17-11-12-22(31-2)20(13-17)27-23(29)18-5-3-4-6-19(18)26-24(27)32-14-21(28)15-7-9-16(25)10-8-15/h3-13H,14H2,1-2H3. The molecular formula is C24H19FN2O4S. The van der Waals surface area contributed by atoms with Crippen molar-refractivity contribution >= 4 is 28.4 Å². The highest BCUT2D eigenvalue weighted by Gasteiger charge is 2.19. The lowest BCUT2D eigenvalue weighted by atomic mass is 10.1. The number of fused-ring (bicyclic) bond motifs is 1. The van der Waals surface area contributed by atoms with Gasteiger partial charge in [0, 0.05) is 11.6 Å². The number of benzene rings is 3. The van der Waals surface area contributed by atoms with Gasteiger partial charge in [0.25, 0.3) is 5.56 Å². The largest absolute Gasteiger partial charge is 0.497 e. The number of rotatable bonds is 7. The summed E-state index contributed by atoms with van der Waals surface area (Å²) in [5.41, 5.74) is 1.06. The van der Waals surface area contributed by atoms with Gasteiger partial charge in [0.15, 0.2) is 10.9 Å². The van der Waals surface area contributed by atoms with Crippen LogP contribution in [0, 0.1) is 5.82 Å². The maximum atomic E-state index is 13.5. The Morgan fingerprint density at radius 1 is 1.03 bits per heavy atom. The summed E-state index contributed by atoms with van der Waals surface area (Å²) in [6, 6.07) is 17.5. The molecule has 1 aromatic heterocycles. The molecule has 0 aliphatic carbocycles. The molecule has 0 atom stereocenters. The van der Waals surface area contributed by atoms with E-state index in [-0.39, 0.29) is 17.1 Å². The van der Waals surface area contributed by atoms with Crippen LogP contribution in [-0.2, 0) is 0 Å². The van der Waals surface area contributed by atoms with Crippen molar-refractivity contribution in [2.24, 2.45) is 0 Å². The van der Waals surface area contributed by atoms with Gasteiger partial charge in [-0.05, 0) is 48.5 Å². The topological polar surface area (TPSA) is 70.4 Å². The highest BCUT2D eigenvalue weighted by molar-refractivity contribution is 7.99. The Morgan fingerprint density at radius 3 is 2.50 bits per heavy atom. The maximum absolute atomic E-state index is 13.5. The lowest BCUT2D eigenvalue weighted by molar-refractivity contribution is 0.102. The van der Waals surface area contributed by atoms with Crippen molar-refractivity contribution in [3.05, 3.63) is 88.5 Å². The fraction of sp³-hybridized carbons (Fsp3) is 0.125. The van der Waals surface area contributed by atoms with Crippen LogP contribution >= 0.6 is 11.8 Å². The molecule has 8 heteroatoms. The molecule has 0 fully saturated rings. The number of carbonyl (C=O) groups is 1. The van der Waals surface area contributed by atoms with Gasteiger partial charge >= 0.3 is 0 Å². The van der Waals surface area contributed by atoms with Crippen LogP contribution in [0.4, 0.5) is 4.39 Å². The molecule has 0 aliphatic rings. The molecule has 6 nitrogen and oxygen atoms in total. The average Bonchev–Trinajstić information content (AvgIpc) is 2.82. The Morgan fingerprint density at radius 2 is 1.78 bits per heavy atom. The molecule has 0 N–H and O–H groups in total. The Bertz CT molecular complexity index is 1350. The number of hydrogen-bond acceptors (Lipinski definition) is 6. The van der Waals surface area contributed by atoms with E-state index in [0.717, 1.165) is 11.8 Å². The molecule has 0 spiro atoms. The van der Waals surface area contributed by atoms with Crippen LogP contribution in [0.1, 0.15) is 10.4 Å². The summed E-state index contributed by atoms with van der Waals surface area (Å²) in [7, 11) is 3.04. The minimum Gasteiger partial charge on any atom is -0.497 e. The van der Waals surface area contributed by atoms with Crippen molar-refractivity contribution in [3.63, 3.8) is 0 Å². The number of Topliss-reactive ketones (excluding diaryl/α,β-unsaturated/α-hetero) is 1. The zero-order chi connectivity index (χ0) is 22.7. The Balaban J connectivity index is 1.82. The van der Waals surface area contributed by atoms with E-state index >= 15 is 0 Å². The van der Waals surface area contributed by atoms with Crippen LogP contribution in [0.2, 0.25) is 0 Å². The van der Waals surface area contributed by atoms with E-state index in [4.69, 9.17) is 9.47 Å². The maximum Gasteiger partial charge on any atom is 0.266 e. The smallest absolute Gasteiger partial charge is 0.266 e. The molecule has 0 saturated heterocycles. The van der Waals surface area contributed by atoms with Crippen LogP contribution < -0.4 is 15.0 Å². The van der Waals surface area contributed by atoms with E-state index in [9.17, 15) is 14.0 Å². The SMILES string of the molecule is COc1ccc(OC)c(-n2c(SCC(=O)c3ccc(F)cc3)nc3ccccc3c2=O)c1. The van der Waals surface area contributed by atoms with Gasteiger partial charge in [-0.2, -0.15) is 0 Å². The predicted octanol–water partition coefficient (Wildman–Crippen LogP) is 4.52. The third-order valence-corrected chi connectivity index (χ3v) is 5.81. The van der Waals surface area contributed by atoms with E-state index in [1.807, 2.05) is 0 Å². The number of carbonyl (C=O) groups excluding carboxylic acids is 1. The Hall–Kier alpha value is -3.65. The van der Waals surface area contributed by atoms with Crippen LogP contribution in [0.3, 0.4) is 0 Å². The van der Waals surface area contributed by atoms with Gasteiger partial charge in [-0.1, -0.05) is 23.9 Å². The molecule has 162 valence electrons. The minimum absolute atomic E-state index is 0.0166. The third kappa shape index (κ3) is 4.22. The van der Waals surface area contributed by atoms with Gasteiger partial charge in [-0.15, -0.1) is 0 Å². The predicted molar refractivity (Wildman–Crippen MR) is 122 cm³/mol. The summed E-state index contributed by atoms with van der Waals surface area (Å²) in [4.78, 5) is 30.7. The number of methoxy groups -OCH3 is 2. The normalized spacial score (nSPS) is 10.8. The molecule has 0 radical (unpaired) electrons. The number of nitrogens with zero attached hydrogens (tertiary/aromatic N) is 2. The molecule has 0 bridgehead atoms. The van der Waals surface area contributed by atoms with E-state index in [1.165, 1.54) is 43.1 Å². The summed E-state index contributed by atoms with van der Waals surface area (Å²) < 4.78 is 25.4. The van der Waals surface area contributed by atoms with Crippen molar-refractivity contribution in [3.8, 4) is 17.2 Å². The molecule has 32 heavy (non-hydrogen) atoms. The van der Waals surface area contributed by atoms with E-state index < -0.39 is 5.82 Å². The average molecular weight is 450 g/mol. The monoisotopic (exact) mass is 450 g/mol. The van der Waals surface area contributed by atoms with Gasteiger partial charge in [0.1, 0.15) is 17.3 Å². The molecular weight excluding hydrogens is 431 g/mol. The molecule has 3 aromatic carbocycles. The molecule has 0 aliphatic heterocycles. The lowest BCUT2D eigenvalue weighted by Gasteiger charge is -2.16. The van der Waals surface area contributed by atoms with Crippen LogP contribution in [0.25, 0.3) is 16.6 Å². The number of hydrogen-bond donors (Lipinski definition) is 0. The molecule has 4 rings (SSSR count). The molecule has 0 unspecified atom stereocenters. The number of ether oxygens (including phenoxy) is 2. The van der Waals surface area contributed by atoms with E-state index in [0.29, 0.717) is 38.8 Å². The Labute approximate surface area is 187 Å². The van der Waals surface area contributed by atoms with Crippen LogP contribution in [0.5, 0.6) is 11.5 Å². The van der Waals surface area contributed by atoms with Gasteiger partial charge in [-0.25, -0.2) is 9.37 Å². The first kappa shape index (κ1) is 21.6. The number of ketones is 1. The van der Waals surface area contributed by atoms with Crippen molar-refractivity contribution in [2.75, 3.05) is 20.0 Å². The molecule has 1 heterocycles. The lowest BCUT2D eigenvalue weighted by Crippen LogP contribution is -2.22. The zero-order valence-electron chi connectivity index (χ0n) is 17.4. The van der Waals surface area contributed by atoms with Crippen molar-refractivity contribution in [1.29, 1.82) is 0 Å². The molecule has 0 amide bonds. The van der Waals surface area contributed by atoms with Gasteiger partial charge in [-0.3, -0.25) is 14.2 Å². The molecule has 0 saturated carbocycles. The summed E-state index contributed by atoms with van der Waals surface area (Å²) >= 11 is 1.12. The number of halogens is 1. The van der Waals surface area contributed by atoms with Crippen LogP contribution in [0.15, 0.2) is 76.7 Å². The van der Waals surface area contributed by atoms with E-state index in [1.54, 1.807) is 42.5 Å². The second-order valence-corrected chi connectivity index (χ2v) is 7.75. The second kappa shape index (κ2) is 9.23. The summed E-state index contributed by atoms with van der Waals surface area (Å²) in [5, 5.41) is 0.766.